The van der Waals surface area contributed by atoms with Crippen LogP contribution < -0.4 is 9.47 Å². The number of fused-ring (bicyclic) bond motifs is 1. The second-order valence-electron chi connectivity index (χ2n) is 6.19. The van der Waals surface area contributed by atoms with Crippen molar-refractivity contribution in [1.82, 2.24) is 9.88 Å². The predicted molar refractivity (Wildman–Crippen MR) is 87.8 cm³/mol. The summed E-state index contributed by atoms with van der Waals surface area (Å²) in [5, 5.41) is 0. The molecule has 0 fully saturated rings. The van der Waals surface area contributed by atoms with Crippen molar-refractivity contribution in [2.24, 2.45) is 0 Å². The molecule has 1 aromatic carbocycles. The maximum Gasteiger partial charge on any atom is 0.196 e. The Bertz CT molecular complexity index is 651. The molecule has 23 heavy (non-hydrogen) atoms. The van der Waals surface area contributed by atoms with Crippen molar-refractivity contribution in [2.75, 3.05) is 20.3 Å². The van der Waals surface area contributed by atoms with Crippen molar-refractivity contribution in [3.05, 3.63) is 41.6 Å². The van der Waals surface area contributed by atoms with Gasteiger partial charge < -0.3 is 13.9 Å². The van der Waals surface area contributed by atoms with Gasteiger partial charge in [-0.15, -0.1) is 0 Å². The van der Waals surface area contributed by atoms with Gasteiger partial charge in [0, 0.05) is 31.1 Å². The zero-order valence-corrected chi connectivity index (χ0v) is 14.0. The van der Waals surface area contributed by atoms with Gasteiger partial charge in [-0.2, -0.15) is 0 Å². The van der Waals surface area contributed by atoms with Crippen molar-refractivity contribution >= 4 is 0 Å². The first-order valence-electron chi connectivity index (χ1n) is 8.12. The molecule has 0 atom stereocenters. The Labute approximate surface area is 137 Å². The van der Waals surface area contributed by atoms with Crippen molar-refractivity contribution < 1.29 is 13.9 Å². The summed E-state index contributed by atoms with van der Waals surface area (Å²) < 4.78 is 16.9. The molecule has 124 valence electrons. The number of hydrogen-bond acceptors (Lipinski definition) is 5. The van der Waals surface area contributed by atoms with Gasteiger partial charge >= 0.3 is 0 Å². The highest BCUT2D eigenvalue weighted by Crippen LogP contribution is 2.33. The zero-order valence-electron chi connectivity index (χ0n) is 14.0. The van der Waals surface area contributed by atoms with Gasteiger partial charge in [0.15, 0.2) is 17.4 Å². The van der Waals surface area contributed by atoms with E-state index >= 15 is 0 Å². The van der Waals surface area contributed by atoms with E-state index in [1.54, 1.807) is 13.4 Å². The van der Waals surface area contributed by atoms with E-state index in [0.717, 1.165) is 54.7 Å². The van der Waals surface area contributed by atoms with Gasteiger partial charge in [0.05, 0.1) is 19.4 Å². The van der Waals surface area contributed by atoms with Crippen molar-refractivity contribution in [2.45, 2.75) is 39.3 Å². The van der Waals surface area contributed by atoms with E-state index in [0.29, 0.717) is 12.5 Å². The molecule has 0 bridgehead atoms. The fourth-order valence-corrected chi connectivity index (χ4v) is 2.82. The van der Waals surface area contributed by atoms with Crippen molar-refractivity contribution in [3.8, 4) is 11.5 Å². The number of methoxy groups -OCH3 is 1. The second-order valence-corrected chi connectivity index (χ2v) is 6.19. The summed E-state index contributed by atoms with van der Waals surface area (Å²) in [4.78, 5) is 6.96. The normalized spacial score (nSPS) is 15.7. The molecule has 5 heteroatoms. The number of para-hydroxylation sites is 1. The molecule has 0 saturated carbocycles. The first-order valence-corrected chi connectivity index (χ1v) is 8.12. The molecule has 0 spiro atoms. The van der Waals surface area contributed by atoms with Crippen LogP contribution in [0.3, 0.4) is 0 Å². The minimum absolute atomic E-state index is 0.314. The van der Waals surface area contributed by atoms with Crippen LogP contribution in [-0.2, 0) is 13.1 Å². The van der Waals surface area contributed by atoms with Crippen LogP contribution in [0, 0.1) is 0 Å². The third-order valence-electron chi connectivity index (χ3n) is 3.99. The number of oxazole rings is 1. The van der Waals surface area contributed by atoms with Crippen molar-refractivity contribution in [3.63, 3.8) is 0 Å². The topological polar surface area (TPSA) is 47.7 Å². The third kappa shape index (κ3) is 3.67. The minimum atomic E-state index is 0.314. The molecule has 2 heterocycles. The number of ether oxygens (including phenoxy) is 2. The van der Waals surface area contributed by atoms with Gasteiger partial charge in [0.1, 0.15) is 6.26 Å². The monoisotopic (exact) mass is 316 g/mol. The van der Waals surface area contributed by atoms with Crippen LogP contribution in [0.1, 0.15) is 43.3 Å². The summed E-state index contributed by atoms with van der Waals surface area (Å²) in [6.45, 7) is 7.45. The van der Waals surface area contributed by atoms with Crippen LogP contribution in [0.25, 0.3) is 0 Å². The lowest BCUT2D eigenvalue weighted by atomic mass is 10.1. The zero-order chi connectivity index (χ0) is 16.2. The molecule has 1 aliphatic heterocycles. The number of benzene rings is 1. The average Bonchev–Trinajstić information content (AvgIpc) is 2.98. The summed E-state index contributed by atoms with van der Waals surface area (Å²) >= 11 is 0. The maximum atomic E-state index is 5.90. The van der Waals surface area contributed by atoms with E-state index in [4.69, 9.17) is 13.9 Å². The Hall–Kier alpha value is -2.01. The fourth-order valence-electron chi connectivity index (χ4n) is 2.82. The smallest absolute Gasteiger partial charge is 0.196 e. The summed E-state index contributed by atoms with van der Waals surface area (Å²) in [7, 11) is 1.68. The van der Waals surface area contributed by atoms with Crippen LogP contribution in [0.4, 0.5) is 0 Å². The molecule has 3 rings (SSSR count). The molecular formula is C18H24N2O3. The lowest BCUT2D eigenvalue weighted by molar-refractivity contribution is 0.193. The Kier molecular flexibility index (Phi) is 4.86. The Morgan fingerprint density at radius 1 is 1.35 bits per heavy atom. The molecule has 1 aliphatic rings. The second kappa shape index (κ2) is 7.04. The standard InChI is InChI=1S/C18H24N2O3/c1-13(2)18-19-15(12-23-18)11-20-8-5-9-22-17-14(10-20)6-4-7-16(17)21-3/h4,6-7,12-13H,5,8-11H2,1-3H3. The van der Waals surface area contributed by atoms with Gasteiger partial charge in [0.25, 0.3) is 0 Å². The first-order chi connectivity index (χ1) is 11.2. The Morgan fingerprint density at radius 3 is 2.96 bits per heavy atom. The number of aromatic nitrogens is 1. The molecule has 0 aliphatic carbocycles. The molecule has 0 amide bonds. The van der Waals surface area contributed by atoms with E-state index in [-0.39, 0.29) is 0 Å². The molecule has 0 radical (unpaired) electrons. The number of hydrogen-bond donors (Lipinski definition) is 0. The third-order valence-corrected chi connectivity index (χ3v) is 3.99. The SMILES string of the molecule is COc1cccc2c1OCCCN(Cc1coc(C(C)C)n1)C2. The van der Waals surface area contributed by atoms with Crippen LogP contribution in [-0.4, -0.2) is 30.1 Å². The number of nitrogens with zero attached hydrogens (tertiary/aromatic N) is 2. The maximum absolute atomic E-state index is 5.90. The lowest BCUT2D eigenvalue weighted by Crippen LogP contribution is -2.27. The van der Waals surface area contributed by atoms with E-state index in [2.05, 4.69) is 29.8 Å². The molecule has 0 unspecified atom stereocenters. The van der Waals surface area contributed by atoms with E-state index in [1.807, 2.05) is 12.1 Å². The molecular weight excluding hydrogens is 292 g/mol. The summed E-state index contributed by atoms with van der Waals surface area (Å²) in [5.74, 6) is 2.78. The molecule has 5 nitrogen and oxygen atoms in total. The summed E-state index contributed by atoms with van der Waals surface area (Å²) in [6, 6.07) is 6.05. The molecule has 2 aromatic rings. The number of rotatable bonds is 4. The highest BCUT2D eigenvalue weighted by Gasteiger charge is 2.18. The first kappa shape index (κ1) is 15.9. The van der Waals surface area contributed by atoms with Gasteiger partial charge in [0.2, 0.25) is 0 Å². The van der Waals surface area contributed by atoms with Gasteiger partial charge in [-0.3, -0.25) is 4.90 Å². The minimum Gasteiger partial charge on any atom is -0.493 e. The average molecular weight is 316 g/mol. The van der Waals surface area contributed by atoms with Crippen LogP contribution in [0.15, 0.2) is 28.9 Å². The quantitative estimate of drug-likeness (QED) is 0.862. The van der Waals surface area contributed by atoms with Gasteiger partial charge in [-0.25, -0.2) is 4.98 Å². The molecule has 0 N–H and O–H groups in total. The highest BCUT2D eigenvalue weighted by molar-refractivity contribution is 5.46. The summed E-state index contributed by atoms with van der Waals surface area (Å²) in [6.07, 6.45) is 2.75. The molecule has 1 aromatic heterocycles. The fraction of sp³-hybridized carbons (Fsp3) is 0.500. The van der Waals surface area contributed by atoms with Crippen molar-refractivity contribution in [1.29, 1.82) is 0 Å². The largest absolute Gasteiger partial charge is 0.493 e. The predicted octanol–water partition coefficient (Wildman–Crippen LogP) is 3.59. The van der Waals surface area contributed by atoms with E-state index in [1.165, 1.54) is 0 Å². The van der Waals surface area contributed by atoms with E-state index in [9.17, 15) is 0 Å². The Balaban J connectivity index is 1.77. The van der Waals surface area contributed by atoms with Crippen LogP contribution in [0.5, 0.6) is 11.5 Å². The van der Waals surface area contributed by atoms with Gasteiger partial charge in [-0.05, 0) is 12.5 Å². The van der Waals surface area contributed by atoms with Gasteiger partial charge in [-0.1, -0.05) is 26.0 Å². The highest BCUT2D eigenvalue weighted by atomic mass is 16.5. The van der Waals surface area contributed by atoms with Crippen LogP contribution in [0.2, 0.25) is 0 Å². The lowest BCUT2D eigenvalue weighted by Gasteiger charge is -2.26. The van der Waals surface area contributed by atoms with Crippen LogP contribution >= 0.6 is 0 Å². The Morgan fingerprint density at radius 2 is 2.22 bits per heavy atom. The molecule has 0 saturated heterocycles. The van der Waals surface area contributed by atoms with E-state index < -0.39 is 0 Å². The summed E-state index contributed by atoms with van der Waals surface area (Å²) in [5.41, 5.74) is 2.14.